The van der Waals surface area contributed by atoms with Gasteiger partial charge < -0.3 is 9.64 Å². The Bertz CT molecular complexity index is 460. The van der Waals surface area contributed by atoms with Crippen molar-refractivity contribution < 1.29 is 4.74 Å². The van der Waals surface area contributed by atoms with E-state index in [0.29, 0.717) is 0 Å². The molecule has 1 aromatic rings. The molecule has 3 nitrogen and oxygen atoms in total. The van der Waals surface area contributed by atoms with Gasteiger partial charge in [0.25, 0.3) is 0 Å². The van der Waals surface area contributed by atoms with Gasteiger partial charge in [-0.25, -0.2) is 4.98 Å². The number of hydrogen-bond acceptors (Lipinski definition) is 3. The predicted octanol–water partition coefficient (Wildman–Crippen LogP) is 2.72. The van der Waals surface area contributed by atoms with Crippen LogP contribution in [-0.4, -0.2) is 25.2 Å². The summed E-state index contributed by atoms with van der Waals surface area (Å²) in [6, 6.07) is 4.29. The SMILES string of the molecule is CCc1nc(N2CC3CC3C2)ccc1/C=C/OC. The number of aryl methyl sites for hydroxylation is 1. The Morgan fingerprint density at radius 2 is 2.17 bits per heavy atom. The molecule has 0 spiro atoms. The molecule has 96 valence electrons. The molecule has 18 heavy (non-hydrogen) atoms. The molecule has 1 aliphatic heterocycles. The molecule has 3 heteroatoms. The van der Waals surface area contributed by atoms with Crippen molar-refractivity contribution in [2.24, 2.45) is 11.8 Å². The van der Waals surface area contributed by atoms with Crippen LogP contribution in [0.3, 0.4) is 0 Å². The van der Waals surface area contributed by atoms with Gasteiger partial charge in [0.15, 0.2) is 0 Å². The minimum absolute atomic E-state index is 0.949. The number of methoxy groups -OCH3 is 1. The lowest BCUT2D eigenvalue weighted by Crippen LogP contribution is -2.23. The first-order valence-electron chi connectivity index (χ1n) is 6.76. The summed E-state index contributed by atoms with van der Waals surface area (Å²) in [5.41, 5.74) is 2.31. The van der Waals surface area contributed by atoms with Crippen LogP contribution < -0.4 is 4.90 Å². The van der Waals surface area contributed by atoms with Crippen LogP contribution >= 0.6 is 0 Å². The normalized spacial score (nSPS) is 25.6. The Balaban J connectivity index is 1.81. The van der Waals surface area contributed by atoms with E-state index in [1.54, 1.807) is 13.4 Å². The molecular weight excluding hydrogens is 224 g/mol. The van der Waals surface area contributed by atoms with Crippen LogP contribution in [0.2, 0.25) is 0 Å². The first kappa shape index (κ1) is 11.6. The number of hydrogen-bond donors (Lipinski definition) is 0. The van der Waals surface area contributed by atoms with Crippen molar-refractivity contribution >= 4 is 11.9 Å². The van der Waals surface area contributed by atoms with E-state index < -0.39 is 0 Å². The predicted molar refractivity (Wildman–Crippen MR) is 73.5 cm³/mol. The van der Waals surface area contributed by atoms with Gasteiger partial charge in [-0.3, -0.25) is 0 Å². The van der Waals surface area contributed by atoms with Crippen LogP contribution in [-0.2, 0) is 11.2 Å². The molecule has 2 aliphatic rings. The van der Waals surface area contributed by atoms with Gasteiger partial charge in [-0.05, 0) is 48.4 Å². The van der Waals surface area contributed by atoms with Crippen molar-refractivity contribution in [2.45, 2.75) is 19.8 Å². The van der Waals surface area contributed by atoms with Gasteiger partial charge >= 0.3 is 0 Å². The van der Waals surface area contributed by atoms with Crippen LogP contribution in [0.15, 0.2) is 18.4 Å². The number of aromatic nitrogens is 1. The van der Waals surface area contributed by atoms with E-state index in [1.165, 1.54) is 19.5 Å². The molecule has 0 aromatic carbocycles. The minimum Gasteiger partial charge on any atom is -0.504 e. The number of piperidine rings is 1. The molecule has 0 N–H and O–H groups in total. The van der Waals surface area contributed by atoms with Crippen LogP contribution in [0.1, 0.15) is 24.6 Å². The van der Waals surface area contributed by atoms with E-state index in [1.807, 2.05) is 6.08 Å². The zero-order valence-electron chi connectivity index (χ0n) is 11.1. The van der Waals surface area contributed by atoms with Gasteiger partial charge in [-0.15, -0.1) is 0 Å². The maximum absolute atomic E-state index is 4.98. The summed E-state index contributed by atoms with van der Waals surface area (Å²) in [7, 11) is 1.67. The van der Waals surface area contributed by atoms with E-state index in [-0.39, 0.29) is 0 Å². The molecule has 2 fully saturated rings. The Morgan fingerprint density at radius 3 is 2.83 bits per heavy atom. The zero-order chi connectivity index (χ0) is 12.5. The number of fused-ring (bicyclic) bond motifs is 1. The van der Waals surface area contributed by atoms with Crippen LogP contribution in [0, 0.1) is 11.8 Å². The molecule has 1 aromatic heterocycles. The fraction of sp³-hybridized carbons (Fsp3) is 0.533. The number of anilines is 1. The van der Waals surface area contributed by atoms with E-state index in [9.17, 15) is 0 Å². The van der Waals surface area contributed by atoms with E-state index in [0.717, 1.165) is 35.3 Å². The van der Waals surface area contributed by atoms with Crippen molar-refractivity contribution in [1.82, 2.24) is 4.98 Å². The van der Waals surface area contributed by atoms with Gasteiger partial charge in [0.2, 0.25) is 0 Å². The van der Waals surface area contributed by atoms with Crippen molar-refractivity contribution in [2.75, 3.05) is 25.1 Å². The summed E-state index contributed by atoms with van der Waals surface area (Å²) >= 11 is 0. The van der Waals surface area contributed by atoms with Gasteiger partial charge in [0, 0.05) is 18.8 Å². The molecule has 0 radical (unpaired) electrons. The average Bonchev–Trinajstić information content (AvgIpc) is 3.02. The third-order valence-electron chi connectivity index (χ3n) is 4.02. The molecule has 1 saturated heterocycles. The maximum Gasteiger partial charge on any atom is 0.128 e. The Morgan fingerprint density at radius 1 is 1.39 bits per heavy atom. The summed E-state index contributed by atoms with van der Waals surface area (Å²) < 4.78 is 4.98. The maximum atomic E-state index is 4.98. The third kappa shape index (κ3) is 2.09. The summed E-state index contributed by atoms with van der Waals surface area (Å²) in [6.07, 6.45) is 6.08. The third-order valence-corrected chi connectivity index (χ3v) is 4.02. The monoisotopic (exact) mass is 244 g/mol. The first-order chi connectivity index (χ1) is 8.81. The molecular formula is C15H20N2O. The summed E-state index contributed by atoms with van der Waals surface area (Å²) in [5, 5.41) is 0. The number of nitrogens with zero attached hydrogens (tertiary/aromatic N) is 2. The molecule has 3 rings (SSSR count). The fourth-order valence-corrected chi connectivity index (χ4v) is 2.84. The minimum atomic E-state index is 0.949. The van der Waals surface area contributed by atoms with Gasteiger partial charge in [-0.2, -0.15) is 0 Å². The Kier molecular flexibility index (Phi) is 2.98. The lowest BCUT2D eigenvalue weighted by molar-refractivity contribution is 0.341. The van der Waals surface area contributed by atoms with Gasteiger partial charge in [0.05, 0.1) is 13.4 Å². The highest BCUT2D eigenvalue weighted by atomic mass is 16.5. The molecule has 1 aliphatic carbocycles. The highest BCUT2D eigenvalue weighted by Gasteiger charge is 2.45. The van der Waals surface area contributed by atoms with E-state index >= 15 is 0 Å². The zero-order valence-corrected chi connectivity index (χ0v) is 11.1. The molecule has 0 amide bonds. The van der Waals surface area contributed by atoms with Crippen molar-refractivity contribution in [3.63, 3.8) is 0 Å². The van der Waals surface area contributed by atoms with Crippen LogP contribution in [0.5, 0.6) is 0 Å². The van der Waals surface area contributed by atoms with E-state index in [4.69, 9.17) is 9.72 Å². The topological polar surface area (TPSA) is 25.4 Å². The highest BCUT2D eigenvalue weighted by molar-refractivity contribution is 5.55. The second-order valence-electron chi connectivity index (χ2n) is 5.26. The van der Waals surface area contributed by atoms with Gasteiger partial charge in [-0.1, -0.05) is 6.92 Å². The smallest absolute Gasteiger partial charge is 0.128 e. The number of rotatable bonds is 4. The van der Waals surface area contributed by atoms with Gasteiger partial charge in [0.1, 0.15) is 5.82 Å². The number of ether oxygens (including phenoxy) is 1. The molecule has 1 saturated carbocycles. The summed E-state index contributed by atoms with van der Waals surface area (Å²) in [4.78, 5) is 7.23. The van der Waals surface area contributed by atoms with E-state index in [2.05, 4.69) is 24.0 Å². The Hall–Kier alpha value is -1.51. The lowest BCUT2D eigenvalue weighted by atomic mass is 10.1. The van der Waals surface area contributed by atoms with Crippen molar-refractivity contribution in [3.8, 4) is 0 Å². The van der Waals surface area contributed by atoms with Crippen molar-refractivity contribution in [3.05, 3.63) is 29.7 Å². The first-order valence-corrected chi connectivity index (χ1v) is 6.76. The standard InChI is InChI=1S/C15H20N2O/c1-3-14-11(6-7-18-2)4-5-15(16-14)17-9-12-8-13(12)10-17/h4-7,12-13H,3,8-10H2,1-2H3/b7-6+. The largest absolute Gasteiger partial charge is 0.504 e. The lowest BCUT2D eigenvalue weighted by Gasteiger charge is -2.20. The molecule has 2 atom stereocenters. The average molecular weight is 244 g/mol. The Labute approximate surface area is 108 Å². The molecule has 2 unspecified atom stereocenters. The quantitative estimate of drug-likeness (QED) is 0.761. The molecule has 0 bridgehead atoms. The van der Waals surface area contributed by atoms with Crippen LogP contribution in [0.4, 0.5) is 5.82 Å². The highest BCUT2D eigenvalue weighted by Crippen LogP contribution is 2.45. The second-order valence-corrected chi connectivity index (χ2v) is 5.26. The molecule has 2 heterocycles. The second kappa shape index (κ2) is 4.63. The van der Waals surface area contributed by atoms with Crippen LogP contribution in [0.25, 0.3) is 6.08 Å². The van der Waals surface area contributed by atoms with Crippen molar-refractivity contribution in [1.29, 1.82) is 0 Å². The fourth-order valence-electron chi connectivity index (χ4n) is 2.84. The summed E-state index contributed by atoms with van der Waals surface area (Å²) in [5.74, 6) is 3.04. The summed E-state index contributed by atoms with van der Waals surface area (Å²) in [6.45, 7) is 4.56. The number of pyridine rings is 1.